The van der Waals surface area contributed by atoms with E-state index in [1.165, 1.54) is 25.6 Å². The van der Waals surface area contributed by atoms with Gasteiger partial charge in [0.15, 0.2) is 5.82 Å². The number of ether oxygens (including phenoxy) is 1. The van der Waals surface area contributed by atoms with Crippen LogP contribution >= 0.6 is 11.6 Å². The van der Waals surface area contributed by atoms with Gasteiger partial charge in [-0.2, -0.15) is 0 Å². The molecule has 0 aliphatic carbocycles. The van der Waals surface area contributed by atoms with Crippen LogP contribution in [0.3, 0.4) is 0 Å². The van der Waals surface area contributed by atoms with Gasteiger partial charge in [-0.3, -0.25) is 4.90 Å². The van der Waals surface area contributed by atoms with Crippen LogP contribution in [0.25, 0.3) is 11.1 Å². The maximum atomic E-state index is 14.4. The Morgan fingerprint density at radius 2 is 1.76 bits per heavy atom. The first kappa shape index (κ1) is 19.4. The number of pyridine rings is 1. The fourth-order valence-electron chi connectivity index (χ4n) is 2.99. The average Bonchev–Trinajstić information content (AvgIpc) is 2.70. The molecule has 1 saturated heterocycles. The molecule has 3 nitrogen and oxygen atoms in total. The van der Waals surface area contributed by atoms with E-state index >= 15 is 0 Å². The van der Waals surface area contributed by atoms with E-state index in [9.17, 15) is 4.39 Å². The maximum absolute atomic E-state index is 14.4. The van der Waals surface area contributed by atoms with Crippen LogP contribution in [0, 0.1) is 17.7 Å². The van der Waals surface area contributed by atoms with E-state index in [-0.39, 0.29) is 5.69 Å². The van der Waals surface area contributed by atoms with Gasteiger partial charge in [-0.1, -0.05) is 29.7 Å². The summed E-state index contributed by atoms with van der Waals surface area (Å²) in [5, 5.41) is 0.636. The molecule has 1 aliphatic heterocycles. The third-order valence-corrected chi connectivity index (χ3v) is 5.08. The minimum Gasteiger partial charge on any atom is -0.492 e. The first-order valence-electron chi connectivity index (χ1n) is 9.56. The van der Waals surface area contributed by atoms with Gasteiger partial charge in [-0.15, -0.1) is 0 Å². The van der Waals surface area contributed by atoms with Gasteiger partial charge in [0, 0.05) is 28.9 Å². The molecule has 0 atom stereocenters. The van der Waals surface area contributed by atoms with Crippen LogP contribution in [0.15, 0.2) is 60.8 Å². The molecular weight excluding hydrogens is 387 g/mol. The summed E-state index contributed by atoms with van der Waals surface area (Å²) in [5.74, 6) is 6.12. The number of hydrogen-bond acceptors (Lipinski definition) is 3. The van der Waals surface area contributed by atoms with E-state index in [0.717, 1.165) is 23.4 Å². The molecule has 1 aromatic heterocycles. The summed E-state index contributed by atoms with van der Waals surface area (Å²) in [6.07, 6.45) is 2.90. The van der Waals surface area contributed by atoms with Gasteiger partial charge in [0.25, 0.3) is 0 Å². The standard InChI is InChI=1S/C24H20ClFN2O/c25-21-7-5-19(6-8-21)20-16-23(26)24(27-17-20)11-4-18-2-9-22(10-3-18)29-15-14-28-12-1-13-28/h2-3,5-10,16-17H,1,12-15H2. The number of halogens is 2. The number of likely N-dealkylation sites (tertiary alicyclic amines) is 1. The Balaban J connectivity index is 1.39. The highest BCUT2D eigenvalue weighted by Gasteiger charge is 2.12. The van der Waals surface area contributed by atoms with Crippen LogP contribution in [0.2, 0.25) is 5.02 Å². The van der Waals surface area contributed by atoms with Gasteiger partial charge in [-0.25, -0.2) is 9.37 Å². The van der Waals surface area contributed by atoms with Gasteiger partial charge in [0.2, 0.25) is 0 Å². The summed E-state index contributed by atoms with van der Waals surface area (Å²) in [5.41, 5.74) is 2.44. The molecule has 0 amide bonds. The smallest absolute Gasteiger partial charge is 0.158 e. The molecule has 4 rings (SSSR count). The minimum atomic E-state index is -0.448. The SMILES string of the molecule is Fc1cc(-c2ccc(Cl)cc2)cnc1C#Cc1ccc(OCCN2CCC2)cc1. The summed E-state index contributed by atoms with van der Waals surface area (Å²) >= 11 is 5.89. The lowest BCUT2D eigenvalue weighted by Gasteiger charge is -2.30. The lowest BCUT2D eigenvalue weighted by atomic mass is 10.1. The molecule has 0 radical (unpaired) electrons. The molecular formula is C24H20ClFN2O. The Morgan fingerprint density at radius 3 is 2.41 bits per heavy atom. The number of benzene rings is 2. The predicted octanol–water partition coefficient (Wildman–Crippen LogP) is 5.03. The second kappa shape index (κ2) is 9.09. The van der Waals surface area contributed by atoms with Crippen molar-refractivity contribution in [3.8, 4) is 28.7 Å². The van der Waals surface area contributed by atoms with Crippen molar-refractivity contribution in [2.24, 2.45) is 0 Å². The molecule has 0 unspecified atom stereocenters. The van der Waals surface area contributed by atoms with Gasteiger partial charge in [-0.05, 0) is 73.5 Å². The second-order valence-corrected chi connectivity index (χ2v) is 7.32. The Morgan fingerprint density at radius 1 is 1.00 bits per heavy atom. The molecule has 2 aromatic carbocycles. The molecule has 29 heavy (non-hydrogen) atoms. The Hall–Kier alpha value is -2.87. The monoisotopic (exact) mass is 406 g/mol. The zero-order chi connectivity index (χ0) is 20.1. The summed E-state index contributed by atoms with van der Waals surface area (Å²) < 4.78 is 20.1. The van der Waals surface area contributed by atoms with E-state index < -0.39 is 5.82 Å². The maximum Gasteiger partial charge on any atom is 0.158 e. The van der Waals surface area contributed by atoms with Crippen molar-refractivity contribution in [3.63, 3.8) is 0 Å². The Labute approximate surface area is 175 Å². The highest BCUT2D eigenvalue weighted by molar-refractivity contribution is 6.30. The summed E-state index contributed by atoms with van der Waals surface area (Å²) in [7, 11) is 0. The summed E-state index contributed by atoms with van der Waals surface area (Å²) in [6, 6.07) is 16.1. The molecule has 146 valence electrons. The second-order valence-electron chi connectivity index (χ2n) is 6.88. The zero-order valence-electron chi connectivity index (χ0n) is 15.9. The van der Waals surface area contributed by atoms with Crippen molar-refractivity contribution in [1.29, 1.82) is 0 Å². The quantitative estimate of drug-likeness (QED) is 0.556. The van der Waals surface area contributed by atoms with Crippen LogP contribution in [0.1, 0.15) is 17.7 Å². The normalized spacial score (nSPS) is 13.3. The largest absolute Gasteiger partial charge is 0.492 e. The van der Waals surface area contributed by atoms with Crippen LogP contribution in [0.4, 0.5) is 4.39 Å². The van der Waals surface area contributed by atoms with E-state index in [0.29, 0.717) is 17.2 Å². The molecule has 2 heterocycles. The van der Waals surface area contributed by atoms with Crippen LogP contribution in [0.5, 0.6) is 5.75 Å². The Kier molecular flexibility index (Phi) is 6.09. The van der Waals surface area contributed by atoms with Crippen molar-refractivity contribution in [1.82, 2.24) is 9.88 Å². The third kappa shape index (κ3) is 5.14. The molecule has 5 heteroatoms. The van der Waals surface area contributed by atoms with Crippen molar-refractivity contribution in [2.45, 2.75) is 6.42 Å². The predicted molar refractivity (Wildman–Crippen MR) is 114 cm³/mol. The van der Waals surface area contributed by atoms with Crippen LogP contribution in [-0.4, -0.2) is 36.1 Å². The zero-order valence-corrected chi connectivity index (χ0v) is 16.6. The van der Waals surface area contributed by atoms with Crippen molar-refractivity contribution in [3.05, 3.63) is 82.9 Å². The van der Waals surface area contributed by atoms with Gasteiger partial charge >= 0.3 is 0 Å². The Bertz CT molecular complexity index is 1040. The van der Waals surface area contributed by atoms with E-state index in [4.69, 9.17) is 16.3 Å². The highest BCUT2D eigenvalue weighted by Crippen LogP contribution is 2.22. The topological polar surface area (TPSA) is 25.4 Å². The van der Waals surface area contributed by atoms with Gasteiger partial charge in [0.05, 0.1) is 0 Å². The number of nitrogens with zero attached hydrogens (tertiary/aromatic N) is 2. The molecule has 0 N–H and O–H groups in total. The molecule has 3 aromatic rings. The lowest BCUT2D eigenvalue weighted by molar-refractivity contribution is 0.147. The summed E-state index contributed by atoms with van der Waals surface area (Å²) in [6.45, 7) is 3.98. The molecule has 1 fully saturated rings. The van der Waals surface area contributed by atoms with E-state index in [1.54, 1.807) is 18.3 Å². The minimum absolute atomic E-state index is 0.123. The lowest BCUT2D eigenvalue weighted by Crippen LogP contribution is -2.39. The number of rotatable bonds is 5. The van der Waals surface area contributed by atoms with Crippen molar-refractivity contribution >= 4 is 11.6 Å². The van der Waals surface area contributed by atoms with Gasteiger partial charge < -0.3 is 4.74 Å². The molecule has 1 aliphatic rings. The average molecular weight is 407 g/mol. The van der Waals surface area contributed by atoms with Crippen molar-refractivity contribution < 1.29 is 9.13 Å². The van der Waals surface area contributed by atoms with Crippen LogP contribution in [-0.2, 0) is 0 Å². The fourth-order valence-corrected chi connectivity index (χ4v) is 3.12. The van der Waals surface area contributed by atoms with E-state index in [2.05, 4.69) is 21.7 Å². The third-order valence-electron chi connectivity index (χ3n) is 4.82. The van der Waals surface area contributed by atoms with Crippen molar-refractivity contribution in [2.75, 3.05) is 26.2 Å². The first-order valence-corrected chi connectivity index (χ1v) is 9.94. The van der Waals surface area contributed by atoms with E-state index in [1.807, 2.05) is 36.4 Å². The number of aromatic nitrogens is 1. The first-order chi connectivity index (χ1) is 14.2. The highest BCUT2D eigenvalue weighted by atomic mass is 35.5. The summed E-state index contributed by atoms with van der Waals surface area (Å²) in [4.78, 5) is 6.53. The van der Waals surface area contributed by atoms with Crippen LogP contribution < -0.4 is 4.74 Å². The van der Waals surface area contributed by atoms with Gasteiger partial charge in [0.1, 0.15) is 18.1 Å². The molecule has 0 saturated carbocycles. The number of hydrogen-bond donors (Lipinski definition) is 0. The fraction of sp³-hybridized carbons (Fsp3) is 0.208. The molecule has 0 bridgehead atoms. The molecule has 0 spiro atoms.